The molecule has 5 heteroatoms. The number of carbonyl (C=O) groups is 1. The van der Waals surface area contributed by atoms with E-state index in [1.165, 1.54) is 24.6 Å². The molecule has 0 saturated heterocycles. The van der Waals surface area contributed by atoms with Gasteiger partial charge in [-0.15, -0.1) is 0 Å². The van der Waals surface area contributed by atoms with Crippen molar-refractivity contribution in [2.45, 2.75) is 38.5 Å². The Morgan fingerprint density at radius 3 is 2.59 bits per heavy atom. The molecule has 0 amide bonds. The van der Waals surface area contributed by atoms with Crippen molar-refractivity contribution in [3.8, 4) is 0 Å². The first-order valence-corrected chi connectivity index (χ1v) is 7.47. The van der Waals surface area contributed by atoms with E-state index in [1.54, 1.807) is 19.1 Å². The number of carbonyl (C=O) groups excluding carboxylic acids is 1. The van der Waals surface area contributed by atoms with Crippen LogP contribution in [-0.2, 0) is 9.53 Å². The molecule has 1 aromatic heterocycles. The molecule has 1 heterocycles. The molecule has 0 radical (unpaired) electrons. The number of oxazole rings is 1. The summed E-state index contributed by atoms with van der Waals surface area (Å²) < 4.78 is 23.5. The topological polar surface area (TPSA) is 52.3 Å². The monoisotopic (exact) mass is 305 g/mol. The van der Waals surface area contributed by atoms with Crippen LogP contribution in [0.1, 0.15) is 50.0 Å². The van der Waals surface area contributed by atoms with Gasteiger partial charge in [-0.2, -0.15) is 0 Å². The highest BCUT2D eigenvalue weighted by atomic mass is 19.1. The van der Waals surface area contributed by atoms with Gasteiger partial charge in [0.1, 0.15) is 18.0 Å². The summed E-state index contributed by atoms with van der Waals surface area (Å²) in [7, 11) is 0. The van der Waals surface area contributed by atoms with Crippen molar-refractivity contribution in [1.82, 2.24) is 4.98 Å². The Hall–Kier alpha value is -2.17. The lowest BCUT2D eigenvalue weighted by atomic mass is 9.87. The Labute approximate surface area is 129 Å². The number of rotatable bonds is 7. The van der Waals surface area contributed by atoms with Gasteiger partial charge in [-0.05, 0) is 43.4 Å². The third-order valence-electron chi connectivity index (χ3n) is 3.68. The minimum atomic E-state index is -0.551. The molecule has 0 spiro atoms. The highest BCUT2D eigenvalue weighted by Gasteiger charge is 2.29. The molecule has 2 atom stereocenters. The normalized spacial score (nSPS) is 13.6. The van der Waals surface area contributed by atoms with Gasteiger partial charge >= 0.3 is 5.97 Å². The number of halogens is 1. The molecule has 0 N–H and O–H groups in total. The van der Waals surface area contributed by atoms with Crippen LogP contribution < -0.4 is 0 Å². The predicted molar refractivity (Wildman–Crippen MR) is 79.9 cm³/mol. The molecule has 2 unspecified atom stereocenters. The number of hydrogen-bond donors (Lipinski definition) is 0. The van der Waals surface area contributed by atoms with Crippen LogP contribution in [0, 0.1) is 5.82 Å². The molecule has 4 nitrogen and oxygen atoms in total. The van der Waals surface area contributed by atoms with Gasteiger partial charge in [-0.3, -0.25) is 4.79 Å². The predicted octanol–water partition coefficient (Wildman–Crippen LogP) is 4.04. The summed E-state index contributed by atoms with van der Waals surface area (Å²) in [5.74, 6) is -0.704. The first-order valence-electron chi connectivity index (χ1n) is 7.47. The molecule has 0 aliphatic heterocycles. The fraction of sp³-hybridized carbons (Fsp3) is 0.412. The Bertz CT molecular complexity index is 580. The molecular formula is C17H20FNO3. The lowest BCUT2D eigenvalue weighted by Crippen LogP contribution is -2.19. The second kappa shape index (κ2) is 7.73. The lowest BCUT2D eigenvalue weighted by Gasteiger charge is -2.20. The van der Waals surface area contributed by atoms with E-state index < -0.39 is 5.92 Å². The maximum atomic E-state index is 13.1. The summed E-state index contributed by atoms with van der Waals surface area (Å²) in [5, 5.41) is 0. The second-order valence-electron chi connectivity index (χ2n) is 5.07. The van der Waals surface area contributed by atoms with E-state index in [0.29, 0.717) is 18.9 Å². The van der Waals surface area contributed by atoms with Gasteiger partial charge in [0.05, 0.1) is 12.8 Å². The summed E-state index contributed by atoms with van der Waals surface area (Å²) >= 11 is 0. The van der Waals surface area contributed by atoms with Crippen molar-refractivity contribution in [3.63, 3.8) is 0 Å². The van der Waals surface area contributed by atoms with Gasteiger partial charge in [-0.1, -0.05) is 19.1 Å². The average Bonchev–Trinajstić information content (AvgIpc) is 3.04. The molecule has 2 rings (SSSR count). The quantitative estimate of drug-likeness (QED) is 0.724. The van der Waals surface area contributed by atoms with Gasteiger partial charge in [0.25, 0.3) is 0 Å². The number of hydrogen-bond acceptors (Lipinski definition) is 4. The van der Waals surface area contributed by atoms with Crippen LogP contribution in [0.15, 0.2) is 41.1 Å². The number of esters is 1. The van der Waals surface area contributed by atoms with E-state index in [1.807, 2.05) is 6.92 Å². The van der Waals surface area contributed by atoms with Gasteiger partial charge in [0.2, 0.25) is 5.89 Å². The fourth-order valence-corrected chi connectivity index (χ4v) is 2.51. The van der Waals surface area contributed by atoms with E-state index in [-0.39, 0.29) is 17.7 Å². The van der Waals surface area contributed by atoms with E-state index in [9.17, 15) is 9.18 Å². The van der Waals surface area contributed by atoms with E-state index >= 15 is 0 Å². The van der Waals surface area contributed by atoms with Gasteiger partial charge in [0, 0.05) is 0 Å². The number of ether oxygens (including phenoxy) is 1. The minimum Gasteiger partial charge on any atom is -0.465 e. The molecule has 0 aliphatic rings. The Morgan fingerprint density at radius 1 is 1.32 bits per heavy atom. The van der Waals surface area contributed by atoms with E-state index in [4.69, 9.17) is 9.15 Å². The van der Waals surface area contributed by atoms with Crippen LogP contribution in [0.2, 0.25) is 0 Å². The third-order valence-corrected chi connectivity index (χ3v) is 3.68. The van der Waals surface area contributed by atoms with Crippen molar-refractivity contribution in [2.24, 2.45) is 0 Å². The van der Waals surface area contributed by atoms with Crippen LogP contribution in [0.5, 0.6) is 0 Å². The maximum absolute atomic E-state index is 13.1. The van der Waals surface area contributed by atoms with Crippen molar-refractivity contribution < 1.29 is 18.3 Å². The summed E-state index contributed by atoms with van der Waals surface area (Å²) in [6.45, 7) is 4.11. The van der Waals surface area contributed by atoms with Crippen molar-refractivity contribution in [1.29, 1.82) is 0 Å². The van der Waals surface area contributed by atoms with Crippen molar-refractivity contribution in [2.75, 3.05) is 6.61 Å². The van der Waals surface area contributed by atoms with Crippen LogP contribution in [0.25, 0.3) is 0 Å². The largest absolute Gasteiger partial charge is 0.465 e. The highest BCUT2D eigenvalue weighted by molar-refractivity contribution is 5.76. The van der Waals surface area contributed by atoms with Gasteiger partial charge < -0.3 is 9.15 Å². The average molecular weight is 305 g/mol. The standard InChI is InChI=1S/C17H20FNO3/c1-3-12(13-5-7-14(18)8-6-13)11-15(17(20)21-4-2)16-19-9-10-22-16/h5-10,12,15H,3-4,11H2,1-2H3. The number of nitrogens with zero attached hydrogens (tertiary/aromatic N) is 1. The molecule has 1 aromatic carbocycles. The molecule has 0 aliphatic carbocycles. The van der Waals surface area contributed by atoms with E-state index in [0.717, 1.165) is 12.0 Å². The molecule has 118 valence electrons. The van der Waals surface area contributed by atoms with Gasteiger partial charge in [0.15, 0.2) is 0 Å². The molecule has 2 aromatic rings. The summed E-state index contributed by atoms with van der Waals surface area (Å²) in [4.78, 5) is 16.3. The lowest BCUT2D eigenvalue weighted by molar-refractivity contribution is -0.145. The minimum absolute atomic E-state index is 0.0990. The molecule has 0 bridgehead atoms. The molecular weight excluding hydrogens is 285 g/mol. The number of aromatic nitrogens is 1. The molecule has 0 fully saturated rings. The Kier molecular flexibility index (Phi) is 5.69. The van der Waals surface area contributed by atoms with Crippen molar-refractivity contribution in [3.05, 3.63) is 54.0 Å². The Balaban J connectivity index is 2.20. The molecule has 22 heavy (non-hydrogen) atoms. The smallest absolute Gasteiger partial charge is 0.318 e. The van der Waals surface area contributed by atoms with Crippen LogP contribution in [0.3, 0.4) is 0 Å². The van der Waals surface area contributed by atoms with Crippen LogP contribution in [-0.4, -0.2) is 17.6 Å². The zero-order valence-electron chi connectivity index (χ0n) is 12.8. The fourth-order valence-electron chi connectivity index (χ4n) is 2.51. The second-order valence-corrected chi connectivity index (χ2v) is 5.07. The summed E-state index contributed by atoms with van der Waals surface area (Å²) in [5.41, 5.74) is 0.991. The number of benzene rings is 1. The Morgan fingerprint density at radius 2 is 2.05 bits per heavy atom. The SMILES string of the molecule is CCOC(=O)C(CC(CC)c1ccc(F)cc1)c1ncco1. The highest BCUT2D eigenvalue weighted by Crippen LogP contribution is 2.32. The van der Waals surface area contributed by atoms with Crippen LogP contribution in [0.4, 0.5) is 4.39 Å². The zero-order chi connectivity index (χ0) is 15.9. The van der Waals surface area contributed by atoms with Gasteiger partial charge in [-0.25, -0.2) is 9.37 Å². The first kappa shape index (κ1) is 16.2. The van der Waals surface area contributed by atoms with Crippen LogP contribution >= 0.6 is 0 Å². The maximum Gasteiger partial charge on any atom is 0.318 e. The summed E-state index contributed by atoms with van der Waals surface area (Å²) in [6.07, 6.45) is 4.30. The first-order chi connectivity index (χ1) is 10.7. The zero-order valence-corrected chi connectivity index (χ0v) is 12.8. The third kappa shape index (κ3) is 3.93. The van der Waals surface area contributed by atoms with E-state index in [2.05, 4.69) is 4.98 Å². The summed E-state index contributed by atoms with van der Waals surface area (Å²) in [6, 6.07) is 6.37. The molecule has 0 saturated carbocycles. The van der Waals surface area contributed by atoms with Crippen molar-refractivity contribution >= 4 is 5.97 Å².